The molecule has 196 valence electrons. The van der Waals surface area contributed by atoms with Crippen molar-refractivity contribution in [1.29, 1.82) is 0 Å². The summed E-state index contributed by atoms with van der Waals surface area (Å²) in [6.45, 7) is 6.32. The Hall–Kier alpha value is -3.40. The molecular formula is C33H40O4. The van der Waals surface area contributed by atoms with Gasteiger partial charge in [0.1, 0.15) is 5.75 Å². The fourth-order valence-corrected chi connectivity index (χ4v) is 4.24. The molecule has 0 aliphatic rings. The van der Waals surface area contributed by atoms with Crippen LogP contribution in [0.5, 0.6) is 5.75 Å². The third kappa shape index (κ3) is 9.20. The Balaban J connectivity index is 1.51. The summed E-state index contributed by atoms with van der Waals surface area (Å²) in [4.78, 5) is 25.0. The van der Waals surface area contributed by atoms with Crippen molar-refractivity contribution in [3.8, 4) is 16.9 Å². The lowest BCUT2D eigenvalue weighted by atomic mass is 10.0. The summed E-state index contributed by atoms with van der Waals surface area (Å²) < 4.78 is 11.0. The second kappa shape index (κ2) is 15.0. The summed E-state index contributed by atoms with van der Waals surface area (Å²) in [5.74, 6) is -0.406. The fourth-order valence-electron chi connectivity index (χ4n) is 4.24. The molecule has 1 atom stereocenters. The van der Waals surface area contributed by atoms with Crippen LogP contribution in [0.1, 0.15) is 98.4 Å². The van der Waals surface area contributed by atoms with Crippen LogP contribution in [0.2, 0.25) is 0 Å². The predicted octanol–water partition coefficient (Wildman–Crippen LogP) is 8.82. The molecular weight excluding hydrogens is 460 g/mol. The zero-order valence-electron chi connectivity index (χ0n) is 22.5. The van der Waals surface area contributed by atoms with E-state index >= 15 is 0 Å². The van der Waals surface area contributed by atoms with Crippen LogP contribution in [0.15, 0.2) is 72.8 Å². The number of benzene rings is 3. The number of rotatable bonds is 14. The van der Waals surface area contributed by atoms with Crippen molar-refractivity contribution in [2.45, 2.75) is 84.7 Å². The van der Waals surface area contributed by atoms with Gasteiger partial charge in [0.2, 0.25) is 0 Å². The smallest absolute Gasteiger partial charge is 0.343 e. The van der Waals surface area contributed by atoms with Crippen LogP contribution < -0.4 is 4.74 Å². The molecule has 1 unspecified atom stereocenters. The van der Waals surface area contributed by atoms with Crippen LogP contribution in [0, 0.1) is 0 Å². The van der Waals surface area contributed by atoms with Crippen LogP contribution in [-0.4, -0.2) is 18.0 Å². The average molecular weight is 501 g/mol. The van der Waals surface area contributed by atoms with Gasteiger partial charge in [-0.05, 0) is 85.7 Å². The quantitative estimate of drug-likeness (QED) is 0.126. The molecule has 0 saturated carbocycles. The first-order valence-corrected chi connectivity index (χ1v) is 13.7. The monoisotopic (exact) mass is 500 g/mol. The van der Waals surface area contributed by atoms with Crippen molar-refractivity contribution in [2.24, 2.45) is 0 Å². The van der Waals surface area contributed by atoms with Crippen molar-refractivity contribution in [3.63, 3.8) is 0 Å². The van der Waals surface area contributed by atoms with Gasteiger partial charge >= 0.3 is 11.9 Å². The molecule has 0 heterocycles. The average Bonchev–Trinajstić information content (AvgIpc) is 2.92. The van der Waals surface area contributed by atoms with E-state index in [0.29, 0.717) is 16.9 Å². The zero-order chi connectivity index (χ0) is 26.5. The minimum Gasteiger partial charge on any atom is -0.459 e. The van der Waals surface area contributed by atoms with Gasteiger partial charge in [-0.2, -0.15) is 0 Å². The van der Waals surface area contributed by atoms with Gasteiger partial charge in [-0.25, -0.2) is 9.59 Å². The Bertz CT molecular complexity index is 1100. The van der Waals surface area contributed by atoms with Crippen LogP contribution in [-0.2, 0) is 11.2 Å². The number of hydrogen-bond acceptors (Lipinski definition) is 4. The molecule has 37 heavy (non-hydrogen) atoms. The predicted molar refractivity (Wildman–Crippen MR) is 150 cm³/mol. The van der Waals surface area contributed by atoms with Crippen molar-refractivity contribution < 1.29 is 19.1 Å². The Morgan fingerprint density at radius 3 is 1.81 bits per heavy atom. The SMILES string of the molecule is CCCCCCC(C)OC(=O)c1ccc(OC(=O)c2ccc(-c3ccc(CCCCC)cc3)cc2)cc1. The van der Waals surface area contributed by atoms with E-state index in [0.717, 1.165) is 36.8 Å². The molecule has 0 fully saturated rings. The highest BCUT2D eigenvalue weighted by Crippen LogP contribution is 2.22. The van der Waals surface area contributed by atoms with Gasteiger partial charge in [0.25, 0.3) is 0 Å². The van der Waals surface area contributed by atoms with E-state index in [1.807, 2.05) is 19.1 Å². The van der Waals surface area contributed by atoms with E-state index in [4.69, 9.17) is 9.47 Å². The number of carbonyl (C=O) groups is 2. The molecule has 3 aromatic carbocycles. The Kier molecular flexibility index (Phi) is 11.4. The van der Waals surface area contributed by atoms with Crippen molar-refractivity contribution >= 4 is 11.9 Å². The highest BCUT2D eigenvalue weighted by Gasteiger charge is 2.14. The molecule has 3 rings (SSSR count). The first kappa shape index (κ1) is 28.2. The maximum Gasteiger partial charge on any atom is 0.343 e. The van der Waals surface area contributed by atoms with Crippen molar-refractivity contribution in [1.82, 2.24) is 0 Å². The topological polar surface area (TPSA) is 52.6 Å². The lowest BCUT2D eigenvalue weighted by Crippen LogP contribution is -2.15. The molecule has 4 nitrogen and oxygen atoms in total. The fraction of sp³-hybridized carbons (Fsp3) is 0.394. The minimum atomic E-state index is -0.436. The molecule has 0 spiro atoms. The van der Waals surface area contributed by atoms with Gasteiger partial charge < -0.3 is 9.47 Å². The standard InChI is InChI=1S/C33H40O4/c1-4-6-8-10-11-25(3)36-32(34)30-21-23-31(24-22-30)37-33(35)29-19-17-28(18-20-29)27-15-13-26(14-16-27)12-9-7-5-2/h13-25H,4-12H2,1-3H3. The zero-order valence-corrected chi connectivity index (χ0v) is 22.5. The summed E-state index contributed by atoms with van der Waals surface area (Å²) in [6, 6.07) is 22.6. The lowest BCUT2D eigenvalue weighted by Gasteiger charge is -2.13. The molecule has 0 N–H and O–H groups in total. The molecule has 0 aromatic heterocycles. The van der Waals surface area contributed by atoms with E-state index in [9.17, 15) is 9.59 Å². The van der Waals surface area contributed by atoms with E-state index < -0.39 is 5.97 Å². The number of ether oxygens (including phenoxy) is 2. The largest absolute Gasteiger partial charge is 0.459 e. The van der Waals surface area contributed by atoms with Crippen molar-refractivity contribution in [3.05, 3.63) is 89.5 Å². The summed E-state index contributed by atoms with van der Waals surface area (Å²) in [6.07, 6.45) is 10.2. The van der Waals surface area contributed by atoms with E-state index in [-0.39, 0.29) is 12.1 Å². The highest BCUT2D eigenvalue weighted by molar-refractivity contribution is 5.92. The minimum absolute atomic E-state index is 0.117. The second-order valence-corrected chi connectivity index (χ2v) is 9.71. The normalized spacial score (nSPS) is 11.6. The number of esters is 2. The van der Waals surface area contributed by atoms with Crippen LogP contribution >= 0.6 is 0 Å². The van der Waals surface area contributed by atoms with Gasteiger partial charge in [0.15, 0.2) is 0 Å². The number of hydrogen-bond donors (Lipinski definition) is 0. The first-order chi connectivity index (χ1) is 18.0. The van der Waals surface area contributed by atoms with Crippen LogP contribution in [0.25, 0.3) is 11.1 Å². The van der Waals surface area contributed by atoms with Crippen LogP contribution in [0.3, 0.4) is 0 Å². The summed E-state index contributed by atoms with van der Waals surface area (Å²) in [5.41, 5.74) is 4.45. The lowest BCUT2D eigenvalue weighted by molar-refractivity contribution is 0.0319. The number of unbranched alkanes of at least 4 members (excludes halogenated alkanes) is 5. The Morgan fingerprint density at radius 1 is 0.649 bits per heavy atom. The number of aryl methyl sites for hydroxylation is 1. The third-order valence-corrected chi connectivity index (χ3v) is 6.55. The van der Waals surface area contributed by atoms with Crippen molar-refractivity contribution in [2.75, 3.05) is 0 Å². The Labute approximate surface area is 222 Å². The van der Waals surface area contributed by atoms with E-state index in [1.54, 1.807) is 36.4 Å². The Morgan fingerprint density at radius 2 is 1.19 bits per heavy atom. The van der Waals surface area contributed by atoms with Crippen LogP contribution in [0.4, 0.5) is 0 Å². The second-order valence-electron chi connectivity index (χ2n) is 9.71. The number of carbonyl (C=O) groups excluding carboxylic acids is 2. The molecule has 0 saturated heterocycles. The van der Waals surface area contributed by atoms with Gasteiger partial charge in [0.05, 0.1) is 17.2 Å². The molecule has 0 bridgehead atoms. The summed E-state index contributed by atoms with van der Waals surface area (Å²) in [7, 11) is 0. The first-order valence-electron chi connectivity index (χ1n) is 13.7. The summed E-state index contributed by atoms with van der Waals surface area (Å²) in [5, 5.41) is 0. The third-order valence-electron chi connectivity index (χ3n) is 6.55. The van der Waals surface area contributed by atoms with E-state index in [1.165, 1.54) is 37.7 Å². The molecule has 0 aliphatic carbocycles. The molecule has 0 radical (unpaired) electrons. The summed E-state index contributed by atoms with van der Waals surface area (Å²) >= 11 is 0. The van der Waals surface area contributed by atoms with Gasteiger partial charge in [-0.15, -0.1) is 0 Å². The highest BCUT2D eigenvalue weighted by atomic mass is 16.5. The molecule has 0 aliphatic heterocycles. The maximum absolute atomic E-state index is 12.6. The van der Waals surface area contributed by atoms with Gasteiger partial charge in [0, 0.05) is 0 Å². The maximum atomic E-state index is 12.6. The molecule has 3 aromatic rings. The molecule has 0 amide bonds. The molecule has 4 heteroatoms. The van der Waals surface area contributed by atoms with E-state index in [2.05, 4.69) is 38.1 Å². The van der Waals surface area contributed by atoms with Gasteiger partial charge in [-0.3, -0.25) is 0 Å². The van der Waals surface area contributed by atoms with Gasteiger partial charge in [-0.1, -0.05) is 82.3 Å².